The first-order valence-electron chi connectivity index (χ1n) is 9.53. The number of ether oxygens (including phenoxy) is 1. The van der Waals surface area contributed by atoms with Crippen molar-refractivity contribution < 1.29 is 17.9 Å². The maximum Gasteiger partial charge on any atom is 0.277 e. The molecule has 3 heterocycles. The summed E-state index contributed by atoms with van der Waals surface area (Å²) in [4.78, 5) is 17.0. The number of carbonyl (C=O) groups is 1. The van der Waals surface area contributed by atoms with Gasteiger partial charge in [-0.25, -0.2) is 13.4 Å². The van der Waals surface area contributed by atoms with Gasteiger partial charge in [-0.1, -0.05) is 6.07 Å². The fourth-order valence-corrected chi connectivity index (χ4v) is 5.14. The molecule has 1 aliphatic rings. The molecule has 1 N–H and O–H groups in total. The summed E-state index contributed by atoms with van der Waals surface area (Å²) < 4.78 is 30.9. The van der Waals surface area contributed by atoms with Crippen molar-refractivity contribution in [1.29, 1.82) is 0 Å². The highest BCUT2D eigenvalue weighted by Crippen LogP contribution is 2.31. The molecule has 156 valence electrons. The predicted molar refractivity (Wildman–Crippen MR) is 113 cm³/mol. The average Bonchev–Trinajstić information content (AvgIpc) is 3.33. The van der Waals surface area contributed by atoms with Crippen LogP contribution in [0.2, 0.25) is 0 Å². The standard InChI is InChI=1S/C21H22N4O4S/c1-14-3-8-20(22-12-14)23-21(26)18-11-19(15-4-6-17(29-2)7-5-15)25(24-18)16-9-10-30(27,28)13-16/h3-8,11-12,16H,9-10,13H2,1-2H3,(H,22,23,26). The van der Waals surface area contributed by atoms with E-state index >= 15 is 0 Å². The number of sulfone groups is 1. The molecule has 0 spiro atoms. The van der Waals surface area contributed by atoms with E-state index < -0.39 is 15.7 Å². The van der Waals surface area contributed by atoms with Gasteiger partial charge in [0.15, 0.2) is 15.5 Å². The minimum Gasteiger partial charge on any atom is -0.497 e. The van der Waals surface area contributed by atoms with Crippen LogP contribution in [0.15, 0.2) is 48.7 Å². The fourth-order valence-electron chi connectivity index (χ4n) is 3.45. The third kappa shape index (κ3) is 4.20. The lowest BCUT2D eigenvalue weighted by Crippen LogP contribution is -2.17. The van der Waals surface area contributed by atoms with Gasteiger partial charge in [0.25, 0.3) is 5.91 Å². The Hall–Kier alpha value is -3.20. The van der Waals surface area contributed by atoms with Gasteiger partial charge < -0.3 is 10.1 Å². The number of benzene rings is 1. The van der Waals surface area contributed by atoms with Crippen molar-refractivity contribution >= 4 is 21.6 Å². The molecule has 0 bridgehead atoms. The second-order valence-corrected chi connectivity index (χ2v) is 9.55. The van der Waals surface area contributed by atoms with Gasteiger partial charge >= 0.3 is 0 Å². The zero-order valence-corrected chi connectivity index (χ0v) is 17.5. The third-order valence-electron chi connectivity index (χ3n) is 5.06. The number of hydrogen-bond acceptors (Lipinski definition) is 6. The van der Waals surface area contributed by atoms with Crippen LogP contribution in [-0.4, -0.2) is 47.7 Å². The van der Waals surface area contributed by atoms with E-state index in [4.69, 9.17) is 4.74 Å². The number of rotatable bonds is 5. The van der Waals surface area contributed by atoms with Crippen LogP contribution in [0.1, 0.15) is 28.5 Å². The Bertz CT molecular complexity index is 1170. The SMILES string of the molecule is COc1ccc(-c2cc(C(=O)Nc3ccc(C)cn3)nn2C2CCS(=O)(=O)C2)cc1. The van der Waals surface area contributed by atoms with Gasteiger partial charge in [-0.2, -0.15) is 5.10 Å². The minimum atomic E-state index is -3.11. The van der Waals surface area contributed by atoms with Gasteiger partial charge in [0.2, 0.25) is 0 Å². The molecule has 1 atom stereocenters. The number of nitrogens with zero attached hydrogens (tertiary/aromatic N) is 3. The lowest BCUT2D eigenvalue weighted by Gasteiger charge is -2.13. The predicted octanol–water partition coefficient (Wildman–Crippen LogP) is 2.87. The molecule has 1 aliphatic heterocycles. The first-order valence-corrected chi connectivity index (χ1v) is 11.4. The van der Waals surface area contributed by atoms with Crippen molar-refractivity contribution in [3.05, 3.63) is 59.9 Å². The van der Waals surface area contributed by atoms with Crippen LogP contribution in [0, 0.1) is 6.92 Å². The lowest BCUT2D eigenvalue weighted by molar-refractivity contribution is 0.102. The quantitative estimate of drug-likeness (QED) is 0.673. The average molecular weight is 426 g/mol. The number of methoxy groups -OCH3 is 1. The first-order chi connectivity index (χ1) is 14.3. The Labute approximate surface area is 174 Å². The Kier molecular flexibility index (Phi) is 5.29. The second-order valence-electron chi connectivity index (χ2n) is 7.32. The number of carbonyl (C=O) groups excluding carboxylic acids is 1. The second kappa shape index (κ2) is 7.91. The van der Waals surface area contributed by atoms with Gasteiger partial charge in [0.1, 0.15) is 11.6 Å². The molecule has 3 aromatic rings. The van der Waals surface area contributed by atoms with E-state index in [9.17, 15) is 13.2 Å². The molecular weight excluding hydrogens is 404 g/mol. The van der Waals surface area contributed by atoms with E-state index in [2.05, 4.69) is 15.4 Å². The summed E-state index contributed by atoms with van der Waals surface area (Å²) in [5.74, 6) is 0.860. The molecule has 4 rings (SSSR count). The van der Waals surface area contributed by atoms with Gasteiger partial charge in [0.05, 0.1) is 30.4 Å². The number of pyridine rings is 1. The van der Waals surface area contributed by atoms with Gasteiger partial charge in [-0.3, -0.25) is 9.48 Å². The van der Waals surface area contributed by atoms with Crippen molar-refractivity contribution in [3.63, 3.8) is 0 Å². The molecule has 9 heteroatoms. The van der Waals surface area contributed by atoms with Crippen molar-refractivity contribution in [2.75, 3.05) is 23.9 Å². The fraction of sp³-hybridized carbons (Fsp3) is 0.286. The molecule has 0 radical (unpaired) electrons. The van der Waals surface area contributed by atoms with E-state index in [1.807, 2.05) is 37.3 Å². The topological polar surface area (TPSA) is 103 Å². The molecule has 1 saturated heterocycles. The normalized spacial score (nSPS) is 17.6. The molecule has 1 aromatic carbocycles. The third-order valence-corrected chi connectivity index (χ3v) is 6.81. The summed E-state index contributed by atoms with van der Waals surface area (Å²) in [5, 5.41) is 7.21. The Morgan fingerprint density at radius 3 is 2.57 bits per heavy atom. The summed E-state index contributed by atoms with van der Waals surface area (Å²) in [6.07, 6.45) is 2.13. The van der Waals surface area contributed by atoms with E-state index in [-0.39, 0.29) is 23.2 Å². The van der Waals surface area contributed by atoms with Crippen LogP contribution < -0.4 is 10.1 Å². The Balaban J connectivity index is 1.69. The zero-order chi connectivity index (χ0) is 21.3. The van der Waals surface area contributed by atoms with Crippen LogP contribution in [0.3, 0.4) is 0 Å². The summed E-state index contributed by atoms with van der Waals surface area (Å²) in [7, 11) is -1.52. The highest BCUT2D eigenvalue weighted by atomic mass is 32.2. The summed E-state index contributed by atoms with van der Waals surface area (Å²) in [6.45, 7) is 1.91. The Morgan fingerprint density at radius 1 is 1.20 bits per heavy atom. The summed E-state index contributed by atoms with van der Waals surface area (Å²) in [6, 6.07) is 12.3. The van der Waals surface area contributed by atoms with Crippen LogP contribution in [-0.2, 0) is 9.84 Å². The van der Waals surface area contributed by atoms with Crippen LogP contribution >= 0.6 is 0 Å². The van der Waals surface area contributed by atoms with Gasteiger partial charge in [-0.15, -0.1) is 0 Å². The number of aromatic nitrogens is 3. The molecular formula is C21H22N4O4S. The maximum atomic E-state index is 12.8. The van der Waals surface area contributed by atoms with Crippen molar-refractivity contribution in [2.24, 2.45) is 0 Å². The van der Waals surface area contributed by atoms with Gasteiger partial charge in [-0.05, 0) is 55.3 Å². The number of nitrogens with one attached hydrogen (secondary N) is 1. The smallest absolute Gasteiger partial charge is 0.277 e. The number of aryl methyl sites for hydroxylation is 1. The molecule has 1 unspecified atom stereocenters. The van der Waals surface area contributed by atoms with E-state index in [0.29, 0.717) is 23.7 Å². The van der Waals surface area contributed by atoms with Crippen molar-refractivity contribution in [3.8, 4) is 17.0 Å². The number of amides is 1. The highest BCUT2D eigenvalue weighted by Gasteiger charge is 2.32. The summed E-state index contributed by atoms with van der Waals surface area (Å²) >= 11 is 0. The van der Waals surface area contributed by atoms with Crippen molar-refractivity contribution in [2.45, 2.75) is 19.4 Å². The molecule has 30 heavy (non-hydrogen) atoms. The first kappa shape index (κ1) is 20.1. The van der Waals surface area contributed by atoms with E-state index in [1.165, 1.54) is 0 Å². The largest absolute Gasteiger partial charge is 0.497 e. The van der Waals surface area contributed by atoms with E-state index in [0.717, 1.165) is 11.1 Å². The van der Waals surface area contributed by atoms with Crippen LogP contribution in [0.5, 0.6) is 5.75 Å². The van der Waals surface area contributed by atoms with Gasteiger partial charge in [0, 0.05) is 11.8 Å². The minimum absolute atomic E-state index is 0.0123. The molecule has 1 fully saturated rings. The molecule has 2 aromatic heterocycles. The molecule has 8 nitrogen and oxygen atoms in total. The Morgan fingerprint density at radius 2 is 1.97 bits per heavy atom. The molecule has 1 amide bonds. The number of hydrogen-bond donors (Lipinski definition) is 1. The zero-order valence-electron chi connectivity index (χ0n) is 16.7. The van der Waals surface area contributed by atoms with E-state index in [1.54, 1.807) is 30.1 Å². The lowest BCUT2D eigenvalue weighted by atomic mass is 10.1. The highest BCUT2D eigenvalue weighted by molar-refractivity contribution is 7.91. The molecule has 0 saturated carbocycles. The maximum absolute atomic E-state index is 12.8. The van der Waals surface area contributed by atoms with Crippen LogP contribution in [0.25, 0.3) is 11.3 Å². The monoisotopic (exact) mass is 426 g/mol. The van der Waals surface area contributed by atoms with Crippen LogP contribution in [0.4, 0.5) is 5.82 Å². The molecule has 0 aliphatic carbocycles. The van der Waals surface area contributed by atoms with Crippen molar-refractivity contribution in [1.82, 2.24) is 14.8 Å². The number of anilines is 1. The summed E-state index contributed by atoms with van der Waals surface area (Å²) in [5.41, 5.74) is 2.69.